The monoisotopic (exact) mass is 441 g/mol. The Morgan fingerprint density at radius 1 is 1.08 bits per heavy atom. The van der Waals surface area contributed by atoms with Crippen LogP contribution in [0.3, 0.4) is 0 Å². The maximum absolute atomic E-state index is 12.3. The molecule has 0 unspecified atom stereocenters. The quantitative estimate of drug-likeness (QED) is 0.729. The Morgan fingerprint density at radius 3 is 2.42 bits per heavy atom. The molecule has 1 aliphatic carbocycles. The average molecular weight is 441 g/mol. The van der Waals surface area contributed by atoms with Gasteiger partial charge in [-0.25, -0.2) is 0 Å². The number of carbonyl (C=O) groups is 2. The normalized spacial score (nSPS) is 19.5. The van der Waals surface area contributed by atoms with E-state index in [1.807, 2.05) is 23.1 Å². The van der Waals surface area contributed by atoms with Crippen molar-refractivity contribution in [3.63, 3.8) is 0 Å². The third-order valence-corrected chi connectivity index (χ3v) is 5.97. The molecule has 1 saturated carbocycles. The Hall–Kier alpha value is -1.15. The van der Waals surface area contributed by atoms with Crippen LogP contribution in [-0.2, 0) is 4.79 Å². The second-order valence-corrected chi connectivity index (χ2v) is 7.68. The van der Waals surface area contributed by atoms with Crippen LogP contribution in [-0.4, -0.2) is 60.4 Å². The summed E-state index contributed by atoms with van der Waals surface area (Å²) in [6.45, 7) is 3.54. The smallest absolute Gasteiger partial charge is 0.252 e. The van der Waals surface area contributed by atoms with Gasteiger partial charge in [0.2, 0.25) is 5.91 Å². The molecule has 1 saturated heterocycles. The highest BCUT2D eigenvalue weighted by atomic mass is 127. The lowest BCUT2D eigenvalue weighted by Gasteiger charge is -2.38. The molecule has 1 aliphatic heterocycles. The summed E-state index contributed by atoms with van der Waals surface area (Å²) in [6, 6.07) is 8.12. The topological polar surface area (TPSA) is 52.7 Å². The maximum atomic E-state index is 12.3. The first-order valence-electron chi connectivity index (χ1n) is 8.69. The van der Waals surface area contributed by atoms with Crippen LogP contribution in [0.15, 0.2) is 24.3 Å². The third kappa shape index (κ3) is 4.27. The summed E-state index contributed by atoms with van der Waals surface area (Å²) < 4.78 is 0.894. The highest BCUT2D eigenvalue weighted by Crippen LogP contribution is 2.24. The van der Waals surface area contributed by atoms with Gasteiger partial charge in [0.25, 0.3) is 5.91 Å². The fourth-order valence-corrected chi connectivity index (χ4v) is 4.25. The third-order valence-electron chi connectivity index (χ3n) is 5.03. The number of amides is 2. The highest BCUT2D eigenvalue weighted by Gasteiger charge is 2.27. The number of nitrogens with one attached hydrogen (secondary N) is 1. The van der Waals surface area contributed by atoms with Gasteiger partial charge in [0.15, 0.2) is 0 Å². The lowest BCUT2D eigenvalue weighted by atomic mass is 10.2. The van der Waals surface area contributed by atoms with E-state index in [1.165, 1.54) is 25.7 Å². The van der Waals surface area contributed by atoms with Gasteiger partial charge in [-0.15, -0.1) is 0 Å². The van der Waals surface area contributed by atoms with Crippen LogP contribution >= 0.6 is 22.6 Å². The van der Waals surface area contributed by atoms with Crippen molar-refractivity contribution in [2.75, 3.05) is 32.7 Å². The number of carbonyl (C=O) groups excluding carboxylic acids is 2. The van der Waals surface area contributed by atoms with E-state index in [4.69, 9.17) is 0 Å². The van der Waals surface area contributed by atoms with Crippen molar-refractivity contribution in [2.45, 2.75) is 31.7 Å². The molecule has 0 atom stereocenters. The van der Waals surface area contributed by atoms with E-state index < -0.39 is 0 Å². The number of halogens is 1. The average Bonchev–Trinajstić information content (AvgIpc) is 3.14. The minimum Gasteiger partial charge on any atom is -0.343 e. The van der Waals surface area contributed by atoms with Crippen molar-refractivity contribution in [3.8, 4) is 0 Å². The molecule has 2 aliphatic rings. The summed E-state index contributed by atoms with van der Waals surface area (Å²) in [5.74, 6) is -0.168. The van der Waals surface area contributed by atoms with Crippen molar-refractivity contribution >= 4 is 34.4 Å². The lowest BCUT2D eigenvalue weighted by Crippen LogP contribution is -2.53. The molecule has 0 radical (unpaired) electrons. The molecule has 0 aromatic heterocycles. The van der Waals surface area contributed by atoms with Crippen LogP contribution in [0, 0.1) is 3.57 Å². The fourth-order valence-electron chi connectivity index (χ4n) is 3.61. The Labute approximate surface area is 156 Å². The minimum absolute atomic E-state index is 0.0142. The first-order chi connectivity index (χ1) is 11.6. The molecule has 1 heterocycles. The first-order valence-corrected chi connectivity index (χ1v) is 9.77. The second kappa shape index (κ2) is 8.29. The van der Waals surface area contributed by atoms with Gasteiger partial charge in [-0.05, 0) is 47.6 Å². The van der Waals surface area contributed by atoms with Gasteiger partial charge in [0, 0.05) is 35.8 Å². The van der Waals surface area contributed by atoms with Crippen molar-refractivity contribution in [3.05, 3.63) is 33.4 Å². The Bertz CT molecular complexity index is 594. The van der Waals surface area contributed by atoms with Crippen molar-refractivity contribution in [1.82, 2.24) is 15.1 Å². The van der Waals surface area contributed by atoms with Crippen LogP contribution in [0.5, 0.6) is 0 Å². The van der Waals surface area contributed by atoms with Gasteiger partial charge in [-0.1, -0.05) is 25.0 Å². The van der Waals surface area contributed by atoms with Gasteiger partial charge < -0.3 is 10.2 Å². The number of piperazine rings is 1. The van der Waals surface area contributed by atoms with E-state index in [2.05, 4.69) is 32.8 Å². The van der Waals surface area contributed by atoms with Crippen LogP contribution in [0.25, 0.3) is 0 Å². The zero-order valence-electron chi connectivity index (χ0n) is 13.8. The van der Waals surface area contributed by atoms with Gasteiger partial charge >= 0.3 is 0 Å². The lowest BCUT2D eigenvalue weighted by molar-refractivity contribution is -0.132. The summed E-state index contributed by atoms with van der Waals surface area (Å²) in [4.78, 5) is 28.9. The van der Waals surface area contributed by atoms with Gasteiger partial charge in [0.1, 0.15) is 0 Å². The molecule has 3 rings (SSSR count). The molecule has 2 fully saturated rings. The SMILES string of the molecule is O=C(NCC(=O)N1CCN(C2CCCC2)CC1)c1ccccc1I. The maximum Gasteiger partial charge on any atom is 0.252 e. The Morgan fingerprint density at radius 2 is 1.75 bits per heavy atom. The number of nitrogens with zero attached hydrogens (tertiary/aromatic N) is 2. The molecule has 24 heavy (non-hydrogen) atoms. The van der Waals surface area contributed by atoms with Gasteiger partial charge in [0.05, 0.1) is 12.1 Å². The van der Waals surface area contributed by atoms with Gasteiger partial charge in [-0.3, -0.25) is 14.5 Å². The molecular formula is C18H24IN3O2. The van der Waals surface area contributed by atoms with Crippen LogP contribution in [0.4, 0.5) is 0 Å². The van der Waals surface area contributed by atoms with Crippen molar-refractivity contribution in [1.29, 1.82) is 0 Å². The minimum atomic E-state index is -0.182. The molecule has 5 nitrogen and oxygen atoms in total. The van der Waals surface area contributed by atoms with E-state index in [9.17, 15) is 9.59 Å². The fraction of sp³-hybridized carbons (Fsp3) is 0.556. The molecule has 0 bridgehead atoms. The summed E-state index contributed by atoms with van der Waals surface area (Å²) in [6.07, 6.45) is 5.29. The van der Waals surface area contributed by atoms with E-state index in [1.54, 1.807) is 6.07 Å². The first kappa shape index (κ1) is 17.7. The van der Waals surface area contributed by atoms with E-state index in [0.717, 1.165) is 35.8 Å². The van der Waals surface area contributed by atoms with E-state index in [0.29, 0.717) is 5.56 Å². The van der Waals surface area contributed by atoms with Crippen molar-refractivity contribution in [2.24, 2.45) is 0 Å². The Kier molecular flexibility index (Phi) is 6.10. The van der Waals surface area contributed by atoms with E-state index in [-0.39, 0.29) is 18.4 Å². The molecule has 1 aromatic rings. The largest absolute Gasteiger partial charge is 0.343 e. The van der Waals surface area contributed by atoms with Crippen molar-refractivity contribution < 1.29 is 9.59 Å². The Balaban J connectivity index is 1.44. The summed E-state index contributed by atoms with van der Waals surface area (Å²) in [5.41, 5.74) is 0.622. The number of benzene rings is 1. The molecule has 6 heteroatoms. The molecular weight excluding hydrogens is 417 g/mol. The standard InChI is InChI=1S/C18H24IN3O2/c19-16-8-4-3-7-15(16)18(24)20-13-17(23)22-11-9-21(10-12-22)14-5-1-2-6-14/h3-4,7-8,14H,1-2,5-6,9-13H2,(H,20,24). The summed E-state index contributed by atoms with van der Waals surface area (Å²) >= 11 is 2.13. The predicted octanol–water partition coefficient (Wildman–Crippen LogP) is 2.11. The zero-order chi connectivity index (χ0) is 16.9. The van der Waals surface area contributed by atoms with Gasteiger partial charge in [-0.2, -0.15) is 0 Å². The molecule has 1 aromatic carbocycles. The highest BCUT2D eigenvalue weighted by molar-refractivity contribution is 14.1. The van der Waals surface area contributed by atoms with Crippen LogP contribution < -0.4 is 5.32 Å². The zero-order valence-corrected chi connectivity index (χ0v) is 16.0. The molecule has 1 N–H and O–H groups in total. The van der Waals surface area contributed by atoms with Crippen LogP contribution in [0.1, 0.15) is 36.0 Å². The summed E-state index contributed by atoms with van der Waals surface area (Å²) in [5, 5.41) is 2.75. The number of hydrogen-bond donors (Lipinski definition) is 1. The predicted molar refractivity (Wildman–Crippen MR) is 102 cm³/mol. The van der Waals surface area contributed by atoms with Crippen LogP contribution in [0.2, 0.25) is 0 Å². The molecule has 130 valence electrons. The molecule has 2 amide bonds. The molecule has 0 spiro atoms. The number of hydrogen-bond acceptors (Lipinski definition) is 3. The summed E-state index contributed by atoms with van der Waals surface area (Å²) in [7, 11) is 0. The second-order valence-electron chi connectivity index (χ2n) is 6.52. The number of rotatable bonds is 4. The van der Waals surface area contributed by atoms with E-state index >= 15 is 0 Å².